The number of anilines is 1. The lowest BCUT2D eigenvalue weighted by molar-refractivity contribution is -0.119. The molecular weight excluding hydrogens is 247 g/mol. The molecule has 1 aromatic rings. The predicted molar refractivity (Wildman–Crippen MR) is 73.6 cm³/mol. The van der Waals surface area contributed by atoms with Gasteiger partial charge < -0.3 is 15.8 Å². The first-order valence-corrected chi connectivity index (χ1v) is 6.24. The van der Waals surface area contributed by atoms with Crippen LogP contribution in [-0.4, -0.2) is 18.6 Å². The van der Waals surface area contributed by atoms with Gasteiger partial charge >= 0.3 is 0 Å². The maximum absolute atomic E-state index is 13.1. The Labute approximate surface area is 113 Å². The number of carbonyl (C=O) groups excluding carboxylic acids is 1. The van der Waals surface area contributed by atoms with Gasteiger partial charge in [0.05, 0.1) is 18.3 Å². The van der Waals surface area contributed by atoms with Crippen LogP contribution in [0.1, 0.15) is 27.7 Å². The fraction of sp³-hybridized carbons (Fsp3) is 0.500. The number of amides is 1. The van der Waals surface area contributed by atoms with Gasteiger partial charge in [-0.2, -0.15) is 0 Å². The molecule has 1 rings (SSSR count). The van der Waals surface area contributed by atoms with E-state index in [1.165, 1.54) is 18.2 Å². The summed E-state index contributed by atoms with van der Waals surface area (Å²) in [6.45, 7) is 7.82. The van der Waals surface area contributed by atoms with Crippen LogP contribution in [0.3, 0.4) is 0 Å². The number of halogens is 1. The number of carbonyl (C=O) groups is 1. The van der Waals surface area contributed by atoms with Crippen molar-refractivity contribution in [1.82, 2.24) is 0 Å². The molecule has 0 unspecified atom stereocenters. The fourth-order valence-corrected chi connectivity index (χ4v) is 1.48. The Morgan fingerprint density at radius 2 is 2.11 bits per heavy atom. The molecule has 1 aromatic carbocycles. The molecule has 19 heavy (non-hydrogen) atoms. The van der Waals surface area contributed by atoms with E-state index in [2.05, 4.69) is 5.32 Å². The van der Waals surface area contributed by atoms with E-state index in [0.29, 0.717) is 18.0 Å². The molecule has 3 N–H and O–H groups in total. The zero-order valence-electron chi connectivity index (χ0n) is 11.8. The highest BCUT2D eigenvalue weighted by Gasteiger charge is 2.28. The quantitative estimate of drug-likeness (QED) is 0.882. The predicted octanol–water partition coefficient (Wildman–Crippen LogP) is 2.54. The zero-order chi connectivity index (χ0) is 14.6. The van der Waals surface area contributed by atoms with Crippen LogP contribution >= 0.6 is 0 Å². The smallest absolute Gasteiger partial charge is 0.241 e. The van der Waals surface area contributed by atoms with E-state index < -0.39 is 11.9 Å². The maximum atomic E-state index is 13.1. The van der Waals surface area contributed by atoms with Gasteiger partial charge in [-0.15, -0.1) is 0 Å². The molecule has 0 aliphatic heterocycles. The highest BCUT2D eigenvalue weighted by atomic mass is 19.1. The van der Waals surface area contributed by atoms with E-state index >= 15 is 0 Å². The SMILES string of the molecule is CCOc1cc(F)ccc1NC(=O)[C@H](N)C(C)(C)C. The first kappa shape index (κ1) is 15.4. The van der Waals surface area contributed by atoms with Gasteiger partial charge in [-0.25, -0.2) is 4.39 Å². The average Bonchev–Trinajstić information content (AvgIpc) is 2.30. The average molecular weight is 268 g/mol. The minimum absolute atomic E-state index is 0.303. The van der Waals surface area contributed by atoms with Gasteiger partial charge in [-0.3, -0.25) is 4.79 Å². The summed E-state index contributed by atoms with van der Waals surface area (Å²) in [5.41, 5.74) is 5.94. The Hall–Kier alpha value is -1.62. The molecular formula is C14H21FN2O2. The van der Waals surface area contributed by atoms with Gasteiger partial charge in [0.25, 0.3) is 0 Å². The molecule has 5 heteroatoms. The monoisotopic (exact) mass is 268 g/mol. The van der Waals surface area contributed by atoms with Gasteiger partial charge in [-0.05, 0) is 24.5 Å². The van der Waals surface area contributed by atoms with Crippen molar-refractivity contribution in [2.45, 2.75) is 33.7 Å². The Morgan fingerprint density at radius 1 is 1.47 bits per heavy atom. The highest BCUT2D eigenvalue weighted by Crippen LogP contribution is 2.26. The lowest BCUT2D eigenvalue weighted by atomic mass is 9.87. The van der Waals surface area contributed by atoms with Gasteiger partial charge in [0.15, 0.2) is 0 Å². The van der Waals surface area contributed by atoms with Crippen molar-refractivity contribution < 1.29 is 13.9 Å². The van der Waals surface area contributed by atoms with Crippen LogP contribution in [0.25, 0.3) is 0 Å². The number of benzene rings is 1. The minimum atomic E-state index is -0.660. The molecule has 0 aliphatic rings. The fourth-order valence-electron chi connectivity index (χ4n) is 1.48. The van der Waals surface area contributed by atoms with Crippen LogP contribution in [0.4, 0.5) is 10.1 Å². The van der Waals surface area contributed by atoms with E-state index in [0.717, 1.165) is 0 Å². The Morgan fingerprint density at radius 3 is 2.63 bits per heavy atom. The first-order valence-electron chi connectivity index (χ1n) is 6.24. The molecule has 0 saturated heterocycles. The van der Waals surface area contributed by atoms with Crippen molar-refractivity contribution in [3.63, 3.8) is 0 Å². The summed E-state index contributed by atoms with van der Waals surface area (Å²) < 4.78 is 18.4. The third-order valence-corrected chi connectivity index (χ3v) is 2.72. The summed E-state index contributed by atoms with van der Waals surface area (Å²) in [7, 11) is 0. The third-order valence-electron chi connectivity index (χ3n) is 2.72. The standard InChI is InChI=1S/C14H21FN2O2/c1-5-19-11-8-9(15)6-7-10(11)17-13(18)12(16)14(2,3)4/h6-8,12H,5,16H2,1-4H3,(H,17,18)/t12-/m0/s1. The van der Waals surface area contributed by atoms with Crippen molar-refractivity contribution in [2.24, 2.45) is 11.1 Å². The lowest BCUT2D eigenvalue weighted by Crippen LogP contribution is -2.45. The van der Waals surface area contributed by atoms with E-state index in [1.807, 2.05) is 20.8 Å². The molecule has 4 nitrogen and oxygen atoms in total. The third kappa shape index (κ3) is 4.21. The van der Waals surface area contributed by atoms with Crippen molar-refractivity contribution in [3.05, 3.63) is 24.0 Å². The Kier molecular flexibility index (Phi) is 4.89. The van der Waals surface area contributed by atoms with E-state index in [1.54, 1.807) is 6.92 Å². The van der Waals surface area contributed by atoms with Crippen LogP contribution in [0.15, 0.2) is 18.2 Å². The zero-order valence-corrected chi connectivity index (χ0v) is 11.8. The van der Waals surface area contributed by atoms with Gasteiger partial charge in [-0.1, -0.05) is 20.8 Å². The Bertz CT molecular complexity index is 455. The Balaban J connectivity index is 2.90. The molecule has 0 saturated carbocycles. The van der Waals surface area contributed by atoms with E-state index in [-0.39, 0.29) is 11.3 Å². The van der Waals surface area contributed by atoms with Gasteiger partial charge in [0, 0.05) is 6.07 Å². The number of hydrogen-bond acceptors (Lipinski definition) is 3. The number of ether oxygens (including phenoxy) is 1. The van der Waals surface area contributed by atoms with Crippen molar-refractivity contribution in [1.29, 1.82) is 0 Å². The lowest BCUT2D eigenvalue weighted by Gasteiger charge is -2.26. The summed E-state index contributed by atoms with van der Waals surface area (Å²) in [5, 5.41) is 2.67. The second kappa shape index (κ2) is 6.02. The van der Waals surface area contributed by atoms with Crippen LogP contribution in [-0.2, 0) is 4.79 Å². The van der Waals surface area contributed by atoms with Crippen molar-refractivity contribution >= 4 is 11.6 Å². The molecule has 0 aromatic heterocycles. The number of nitrogens with two attached hydrogens (primary N) is 1. The molecule has 0 heterocycles. The second-order valence-corrected chi connectivity index (χ2v) is 5.41. The van der Waals surface area contributed by atoms with Crippen LogP contribution in [0, 0.1) is 11.2 Å². The summed E-state index contributed by atoms with van der Waals surface area (Å²) in [6, 6.07) is 3.31. The molecule has 0 bridgehead atoms. The minimum Gasteiger partial charge on any atom is -0.492 e. The van der Waals surface area contributed by atoms with E-state index in [4.69, 9.17) is 10.5 Å². The van der Waals surface area contributed by atoms with Gasteiger partial charge in [0.1, 0.15) is 11.6 Å². The molecule has 1 atom stereocenters. The van der Waals surface area contributed by atoms with Crippen LogP contribution in [0.2, 0.25) is 0 Å². The van der Waals surface area contributed by atoms with E-state index in [9.17, 15) is 9.18 Å². The summed E-state index contributed by atoms with van der Waals surface area (Å²) in [6.07, 6.45) is 0. The molecule has 0 aliphatic carbocycles. The summed E-state index contributed by atoms with van der Waals surface area (Å²) >= 11 is 0. The molecule has 0 spiro atoms. The largest absolute Gasteiger partial charge is 0.492 e. The second-order valence-electron chi connectivity index (χ2n) is 5.41. The summed E-state index contributed by atoms with van der Waals surface area (Å²) in [5.74, 6) is -0.432. The number of rotatable bonds is 4. The van der Waals surface area contributed by atoms with Gasteiger partial charge in [0.2, 0.25) is 5.91 Å². The number of nitrogens with one attached hydrogen (secondary N) is 1. The normalized spacial score (nSPS) is 12.9. The van der Waals surface area contributed by atoms with Crippen LogP contribution < -0.4 is 15.8 Å². The molecule has 0 fully saturated rings. The molecule has 106 valence electrons. The maximum Gasteiger partial charge on any atom is 0.241 e. The molecule has 1 amide bonds. The first-order chi connectivity index (χ1) is 8.75. The topological polar surface area (TPSA) is 64.3 Å². The highest BCUT2D eigenvalue weighted by molar-refractivity contribution is 5.96. The van der Waals surface area contributed by atoms with Crippen molar-refractivity contribution in [2.75, 3.05) is 11.9 Å². The summed E-state index contributed by atoms with van der Waals surface area (Å²) in [4.78, 5) is 12.0. The molecule has 0 radical (unpaired) electrons. The van der Waals surface area contributed by atoms with Crippen LogP contribution in [0.5, 0.6) is 5.75 Å². The van der Waals surface area contributed by atoms with Crippen molar-refractivity contribution in [3.8, 4) is 5.75 Å². The number of hydrogen-bond donors (Lipinski definition) is 2.